The average Bonchev–Trinajstić information content (AvgIpc) is 2.92. The maximum absolute atomic E-state index is 12.5. The minimum atomic E-state index is -0.0633. The molecule has 0 radical (unpaired) electrons. The van der Waals surface area contributed by atoms with Crippen molar-refractivity contribution in [1.29, 1.82) is 0 Å². The summed E-state index contributed by atoms with van der Waals surface area (Å²) in [5.41, 5.74) is 2.04. The number of rotatable bonds is 3. The van der Waals surface area contributed by atoms with E-state index in [2.05, 4.69) is 16.7 Å². The SMILES string of the molecule is CS[C@@H]1CCCC[C@H]1NC(=O)c1onc2c1CCCC2. The number of nitrogens with one attached hydrogen (secondary N) is 1. The van der Waals surface area contributed by atoms with Crippen LogP contribution in [0.5, 0.6) is 0 Å². The van der Waals surface area contributed by atoms with Gasteiger partial charge in [0.2, 0.25) is 5.76 Å². The van der Waals surface area contributed by atoms with Gasteiger partial charge < -0.3 is 9.84 Å². The summed E-state index contributed by atoms with van der Waals surface area (Å²) in [6.45, 7) is 0. The first-order valence-electron chi connectivity index (χ1n) is 7.60. The largest absolute Gasteiger partial charge is 0.350 e. The van der Waals surface area contributed by atoms with Crippen LogP contribution in [0.25, 0.3) is 0 Å². The number of aryl methyl sites for hydroxylation is 1. The van der Waals surface area contributed by atoms with Crippen molar-refractivity contribution < 1.29 is 9.32 Å². The fourth-order valence-corrected chi connectivity index (χ4v) is 4.28. The third-order valence-corrected chi connectivity index (χ3v) is 5.66. The van der Waals surface area contributed by atoms with Gasteiger partial charge in [-0.15, -0.1) is 0 Å². The van der Waals surface area contributed by atoms with Gasteiger partial charge >= 0.3 is 0 Å². The van der Waals surface area contributed by atoms with E-state index in [0.29, 0.717) is 11.0 Å². The molecule has 3 rings (SSSR count). The van der Waals surface area contributed by atoms with Gasteiger partial charge in [0.25, 0.3) is 5.91 Å². The fourth-order valence-electron chi connectivity index (χ4n) is 3.35. The second kappa shape index (κ2) is 6.20. The highest BCUT2D eigenvalue weighted by Gasteiger charge is 2.29. The summed E-state index contributed by atoms with van der Waals surface area (Å²) < 4.78 is 5.32. The maximum atomic E-state index is 12.5. The van der Waals surface area contributed by atoms with Crippen molar-refractivity contribution in [2.75, 3.05) is 6.26 Å². The summed E-state index contributed by atoms with van der Waals surface area (Å²) in [5.74, 6) is 0.400. The van der Waals surface area contributed by atoms with Gasteiger partial charge in [-0.05, 0) is 44.8 Å². The maximum Gasteiger partial charge on any atom is 0.290 e. The van der Waals surface area contributed by atoms with Gasteiger partial charge in [0.15, 0.2) is 0 Å². The summed E-state index contributed by atoms with van der Waals surface area (Å²) in [4.78, 5) is 12.5. The molecular formula is C15H22N2O2S. The van der Waals surface area contributed by atoms with Gasteiger partial charge in [0.1, 0.15) is 0 Å². The van der Waals surface area contributed by atoms with Crippen molar-refractivity contribution >= 4 is 17.7 Å². The Morgan fingerprint density at radius 1 is 1.25 bits per heavy atom. The smallest absolute Gasteiger partial charge is 0.290 e. The molecule has 0 unspecified atom stereocenters. The fraction of sp³-hybridized carbons (Fsp3) is 0.733. The first-order valence-corrected chi connectivity index (χ1v) is 8.89. The lowest BCUT2D eigenvalue weighted by Crippen LogP contribution is -2.43. The Hall–Kier alpha value is -0.970. The lowest BCUT2D eigenvalue weighted by molar-refractivity contribution is 0.0890. The Balaban J connectivity index is 1.71. The van der Waals surface area contributed by atoms with Crippen LogP contribution in [0.4, 0.5) is 0 Å². The lowest BCUT2D eigenvalue weighted by Gasteiger charge is -2.30. The van der Waals surface area contributed by atoms with Gasteiger partial charge in [0, 0.05) is 16.9 Å². The molecule has 1 heterocycles. The molecule has 1 fully saturated rings. The number of hydrogen-bond donors (Lipinski definition) is 1. The number of amides is 1. The zero-order chi connectivity index (χ0) is 13.9. The number of hydrogen-bond acceptors (Lipinski definition) is 4. The molecule has 1 N–H and O–H groups in total. The molecule has 0 aliphatic heterocycles. The Morgan fingerprint density at radius 2 is 2.05 bits per heavy atom. The predicted molar refractivity (Wildman–Crippen MR) is 80.2 cm³/mol. The Bertz CT molecular complexity index is 486. The number of aromatic nitrogens is 1. The van der Waals surface area contributed by atoms with Crippen LogP contribution in [0, 0.1) is 0 Å². The minimum Gasteiger partial charge on any atom is -0.350 e. The van der Waals surface area contributed by atoms with Crippen LogP contribution in [0.15, 0.2) is 4.52 Å². The van der Waals surface area contributed by atoms with Crippen LogP contribution in [-0.2, 0) is 12.8 Å². The van der Waals surface area contributed by atoms with Gasteiger partial charge in [0.05, 0.1) is 5.69 Å². The van der Waals surface area contributed by atoms with Crippen molar-refractivity contribution in [2.45, 2.75) is 62.7 Å². The number of nitrogens with zero attached hydrogens (tertiary/aromatic N) is 1. The molecule has 1 amide bonds. The Kier molecular flexibility index (Phi) is 4.34. The van der Waals surface area contributed by atoms with E-state index in [-0.39, 0.29) is 11.9 Å². The van der Waals surface area contributed by atoms with E-state index in [1.807, 2.05) is 11.8 Å². The highest BCUT2D eigenvalue weighted by Crippen LogP contribution is 2.28. The molecule has 1 saturated carbocycles. The Labute approximate surface area is 124 Å². The molecule has 4 nitrogen and oxygen atoms in total. The molecule has 1 aromatic rings. The van der Waals surface area contributed by atoms with Crippen LogP contribution < -0.4 is 5.32 Å². The summed E-state index contributed by atoms with van der Waals surface area (Å²) in [7, 11) is 0. The van der Waals surface area contributed by atoms with Crippen LogP contribution in [0.2, 0.25) is 0 Å². The topological polar surface area (TPSA) is 55.1 Å². The normalized spacial score (nSPS) is 26.1. The molecule has 1 aromatic heterocycles. The van der Waals surface area contributed by atoms with Crippen molar-refractivity contribution in [2.24, 2.45) is 0 Å². The van der Waals surface area contributed by atoms with Crippen LogP contribution in [-0.4, -0.2) is 28.6 Å². The van der Waals surface area contributed by atoms with Crippen LogP contribution in [0.3, 0.4) is 0 Å². The highest BCUT2D eigenvalue weighted by molar-refractivity contribution is 7.99. The first-order chi connectivity index (χ1) is 9.79. The summed E-state index contributed by atoms with van der Waals surface area (Å²) in [5, 5.41) is 7.78. The van der Waals surface area contributed by atoms with E-state index < -0.39 is 0 Å². The molecule has 2 atom stereocenters. The summed E-state index contributed by atoms with van der Waals surface area (Å²) >= 11 is 1.86. The predicted octanol–water partition coefficient (Wildman–Crippen LogP) is 2.96. The standard InChI is InChI=1S/C15H22N2O2S/c1-20-13-9-5-4-8-12(13)16-15(18)14-10-6-2-3-7-11(10)17-19-14/h12-13H,2-9H2,1H3,(H,16,18)/t12-,13-/m1/s1. The quantitative estimate of drug-likeness (QED) is 0.931. The molecule has 0 spiro atoms. The second-order valence-corrected chi connectivity index (χ2v) is 6.86. The van der Waals surface area contributed by atoms with E-state index in [9.17, 15) is 4.79 Å². The molecule has 5 heteroatoms. The lowest BCUT2D eigenvalue weighted by atomic mass is 9.93. The third kappa shape index (κ3) is 2.73. The number of fused-ring (bicyclic) bond motifs is 1. The van der Waals surface area contributed by atoms with E-state index in [1.165, 1.54) is 19.3 Å². The zero-order valence-corrected chi connectivity index (χ0v) is 12.8. The van der Waals surface area contributed by atoms with Gasteiger partial charge in [-0.2, -0.15) is 11.8 Å². The zero-order valence-electron chi connectivity index (χ0n) is 12.0. The van der Waals surface area contributed by atoms with Gasteiger partial charge in [-0.25, -0.2) is 0 Å². The van der Waals surface area contributed by atoms with Gasteiger partial charge in [-0.1, -0.05) is 18.0 Å². The molecular weight excluding hydrogens is 272 g/mol. The molecule has 20 heavy (non-hydrogen) atoms. The van der Waals surface area contributed by atoms with Crippen molar-refractivity contribution in [3.63, 3.8) is 0 Å². The monoisotopic (exact) mass is 294 g/mol. The number of thioether (sulfide) groups is 1. The van der Waals surface area contributed by atoms with Crippen molar-refractivity contribution in [3.8, 4) is 0 Å². The molecule has 2 aliphatic rings. The summed E-state index contributed by atoms with van der Waals surface area (Å²) in [6, 6.07) is 0.274. The minimum absolute atomic E-state index is 0.0633. The molecule has 0 bridgehead atoms. The van der Waals surface area contributed by atoms with Crippen molar-refractivity contribution in [3.05, 3.63) is 17.0 Å². The molecule has 110 valence electrons. The summed E-state index contributed by atoms with van der Waals surface area (Å²) in [6.07, 6.45) is 11.0. The number of carbonyl (C=O) groups excluding carboxylic acids is 1. The van der Waals surface area contributed by atoms with E-state index in [0.717, 1.165) is 43.4 Å². The Morgan fingerprint density at radius 3 is 2.90 bits per heavy atom. The molecule has 0 saturated heterocycles. The van der Waals surface area contributed by atoms with E-state index >= 15 is 0 Å². The average molecular weight is 294 g/mol. The molecule has 2 aliphatic carbocycles. The number of carbonyl (C=O) groups is 1. The molecule has 0 aromatic carbocycles. The van der Waals surface area contributed by atoms with Crippen LogP contribution in [0.1, 0.15) is 60.3 Å². The highest BCUT2D eigenvalue weighted by atomic mass is 32.2. The van der Waals surface area contributed by atoms with Crippen LogP contribution >= 0.6 is 11.8 Å². The second-order valence-electron chi connectivity index (χ2n) is 5.78. The van der Waals surface area contributed by atoms with E-state index in [1.54, 1.807) is 0 Å². The first kappa shape index (κ1) is 14.0. The van der Waals surface area contributed by atoms with E-state index in [4.69, 9.17) is 4.52 Å². The third-order valence-electron chi connectivity index (χ3n) is 4.49. The van der Waals surface area contributed by atoms with Crippen molar-refractivity contribution in [1.82, 2.24) is 10.5 Å². The van der Waals surface area contributed by atoms with Gasteiger partial charge in [-0.3, -0.25) is 4.79 Å².